The quantitative estimate of drug-likeness (QED) is 0.725. The van der Waals surface area contributed by atoms with Gasteiger partial charge < -0.3 is 15.7 Å². The molecule has 1 saturated carbocycles. The molecule has 0 bridgehead atoms. The van der Waals surface area contributed by atoms with Crippen molar-refractivity contribution in [3.63, 3.8) is 0 Å². The highest BCUT2D eigenvalue weighted by molar-refractivity contribution is 6.39. The molecule has 0 spiro atoms. The standard InChI is InChI=1S/C16H22N2O3/c1-10-3-4-13(9-11(10)2)18-16(21)15(20)17-12-5-7-14(19)8-6-12/h3-4,9,12,14,19H,5-8H2,1-2H3,(H,17,20)(H,18,21). The van der Waals surface area contributed by atoms with Crippen LogP contribution in [0.3, 0.4) is 0 Å². The maximum atomic E-state index is 11.9. The van der Waals surface area contributed by atoms with E-state index < -0.39 is 11.8 Å². The van der Waals surface area contributed by atoms with Gasteiger partial charge in [0, 0.05) is 11.7 Å². The Morgan fingerprint density at radius 3 is 2.33 bits per heavy atom. The Kier molecular flexibility index (Phi) is 4.96. The van der Waals surface area contributed by atoms with Gasteiger partial charge in [-0.2, -0.15) is 0 Å². The first-order chi connectivity index (χ1) is 9.95. The third-order valence-corrected chi connectivity index (χ3v) is 4.00. The van der Waals surface area contributed by atoms with Gasteiger partial charge in [0.05, 0.1) is 6.10 Å². The molecule has 1 aromatic carbocycles. The number of carbonyl (C=O) groups is 2. The highest BCUT2D eigenvalue weighted by atomic mass is 16.3. The fraction of sp³-hybridized carbons (Fsp3) is 0.500. The van der Waals surface area contributed by atoms with E-state index in [2.05, 4.69) is 10.6 Å². The summed E-state index contributed by atoms with van der Waals surface area (Å²) in [7, 11) is 0. The summed E-state index contributed by atoms with van der Waals surface area (Å²) in [5, 5.41) is 14.8. The zero-order chi connectivity index (χ0) is 15.4. The molecule has 0 aliphatic heterocycles. The average Bonchev–Trinajstić information content (AvgIpc) is 2.45. The second kappa shape index (κ2) is 6.72. The molecule has 2 rings (SSSR count). The molecule has 1 fully saturated rings. The van der Waals surface area contributed by atoms with Crippen molar-refractivity contribution in [2.24, 2.45) is 0 Å². The minimum atomic E-state index is -0.649. The zero-order valence-electron chi connectivity index (χ0n) is 12.5. The maximum absolute atomic E-state index is 11.9. The van der Waals surface area contributed by atoms with Gasteiger partial charge in [-0.3, -0.25) is 9.59 Å². The van der Waals surface area contributed by atoms with E-state index in [1.165, 1.54) is 0 Å². The maximum Gasteiger partial charge on any atom is 0.313 e. The topological polar surface area (TPSA) is 78.4 Å². The number of hydrogen-bond donors (Lipinski definition) is 3. The summed E-state index contributed by atoms with van der Waals surface area (Å²) in [5.41, 5.74) is 2.82. The lowest BCUT2D eigenvalue weighted by atomic mass is 9.93. The van der Waals surface area contributed by atoms with Crippen LogP contribution in [0.1, 0.15) is 36.8 Å². The van der Waals surface area contributed by atoms with Crippen molar-refractivity contribution in [2.75, 3.05) is 5.32 Å². The molecule has 0 heterocycles. The van der Waals surface area contributed by atoms with Crippen molar-refractivity contribution in [1.82, 2.24) is 5.32 Å². The molecule has 0 radical (unpaired) electrons. The van der Waals surface area contributed by atoms with E-state index in [-0.39, 0.29) is 12.1 Å². The fourth-order valence-corrected chi connectivity index (χ4v) is 2.48. The van der Waals surface area contributed by atoms with Crippen LogP contribution >= 0.6 is 0 Å². The van der Waals surface area contributed by atoms with E-state index in [0.29, 0.717) is 31.4 Å². The summed E-state index contributed by atoms with van der Waals surface area (Å²) >= 11 is 0. The predicted molar refractivity (Wildman–Crippen MR) is 81.0 cm³/mol. The van der Waals surface area contributed by atoms with Gasteiger partial charge in [0.15, 0.2) is 0 Å². The number of hydrogen-bond acceptors (Lipinski definition) is 3. The number of amides is 2. The van der Waals surface area contributed by atoms with Gasteiger partial charge in [-0.25, -0.2) is 0 Å². The normalized spacial score (nSPS) is 21.7. The minimum Gasteiger partial charge on any atom is -0.393 e. The summed E-state index contributed by atoms with van der Waals surface area (Å²) in [6, 6.07) is 5.51. The summed E-state index contributed by atoms with van der Waals surface area (Å²) < 4.78 is 0. The number of aryl methyl sites for hydroxylation is 2. The minimum absolute atomic E-state index is 0.0218. The van der Waals surface area contributed by atoms with E-state index >= 15 is 0 Å². The lowest BCUT2D eigenvalue weighted by molar-refractivity contribution is -0.136. The fourth-order valence-electron chi connectivity index (χ4n) is 2.48. The van der Waals surface area contributed by atoms with Crippen LogP contribution in [0.2, 0.25) is 0 Å². The van der Waals surface area contributed by atoms with Crippen molar-refractivity contribution >= 4 is 17.5 Å². The van der Waals surface area contributed by atoms with Crippen LogP contribution in [0.4, 0.5) is 5.69 Å². The van der Waals surface area contributed by atoms with Crippen LogP contribution in [-0.4, -0.2) is 29.1 Å². The van der Waals surface area contributed by atoms with Crippen LogP contribution in [0, 0.1) is 13.8 Å². The van der Waals surface area contributed by atoms with Gasteiger partial charge in [0.2, 0.25) is 0 Å². The molecule has 3 N–H and O–H groups in total. The molecule has 114 valence electrons. The first kappa shape index (κ1) is 15.5. The van der Waals surface area contributed by atoms with E-state index in [9.17, 15) is 14.7 Å². The predicted octanol–water partition coefficient (Wildman–Crippen LogP) is 1.66. The Hall–Kier alpha value is -1.88. The van der Waals surface area contributed by atoms with Crippen molar-refractivity contribution in [2.45, 2.75) is 51.7 Å². The Bertz CT molecular complexity index is 534. The van der Waals surface area contributed by atoms with Crippen molar-refractivity contribution < 1.29 is 14.7 Å². The molecule has 0 aromatic heterocycles. The van der Waals surface area contributed by atoms with Crippen LogP contribution in [-0.2, 0) is 9.59 Å². The third-order valence-electron chi connectivity index (χ3n) is 4.00. The monoisotopic (exact) mass is 290 g/mol. The van der Waals surface area contributed by atoms with E-state index in [0.717, 1.165) is 11.1 Å². The number of aliphatic hydroxyl groups excluding tert-OH is 1. The summed E-state index contributed by atoms with van der Waals surface area (Å²) in [5.74, 6) is -1.26. The number of nitrogens with one attached hydrogen (secondary N) is 2. The number of benzene rings is 1. The number of rotatable bonds is 2. The molecule has 0 unspecified atom stereocenters. The molecule has 5 nitrogen and oxygen atoms in total. The van der Waals surface area contributed by atoms with Crippen molar-refractivity contribution in [3.05, 3.63) is 29.3 Å². The SMILES string of the molecule is Cc1ccc(NC(=O)C(=O)NC2CCC(O)CC2)cc1C. The number of aliphatic hydroxyl groups is 1. The molecule has 0 saturated heterocycles. The lowest BCUT2D eigenvalue weighted by Gasteiger charge is -2.25. The second-order valence-electron chi connectivity index (χ2n) is 5.73. The van der Waals surface area contributed by atoms with E-state index in [1.807, 2.05) is 26.0 Å². The number of carbonyl (C=O) groups excluding carboxylic acids is 2. The van der Waals surface area contributed by atoms with Crippen LogP contribution < -0.4 is 10.6 Å². The summed E-state index contributed by atoms with van der Waals surface area (Å²) in [6.07, 6.45) is 2.49. The van der Waals surface area contributed by atoms with E-state index in [1.54, 1.807) is 6.07 Å². The van der Waals surface area contributed by atoms with Crippen LogP contribution in [0.5, 0.6) is 0 Å². The zero-order valence-corrected chi connectivity index (χ0v) is 12.5. The van der Waals surface area contributed by atoms with Gasteiger partial charge in [-0.15, -0.1) is 0 Å². The summed E-state index contributed by atoms with van der Waals surface area (Å²) in [4.78, 5) is 23.7. The van der Waals surface area contributed by atoms with Gasteiger partial charge in [-0.1, -0.05) is 6.07 Å². The Balaban J connectivity index is 1.87. The Morgan fingerprint density at radius 1 is 1.05 bits per heavy atom. The number of anilines is 1. The van der Waals surface area contributed by atoms with Gasteiger partial charge in [0.25, 0.3) is 0 Å². The van der Waals surface area contributed by atoms with Gasteiger partial charge in [-0.05, 0) is 62.8 Å². The van der Waals surface area contributed by atoms with Crippen molar-refractivity contribution in [1.29, 1.82) is 0 Å². The van der Waals surface area contributed by atoms with Crippen LogP contribution in [0.15, 0.2) is 18.2 Å². The molecule has 2 amide bonds. The molecule has 0 atom stereocenters. The molecule has 5 heteroatoms. The Morgan fingerprint density at radius 2 is 1.71 bits per heavy atom. The molecule has 1 aliphatic carbocycles. The molecular formula is C16H22N2O3. The third kappa shape index (κ3) is 4.29. The Labute approximate surface area is 124 Å². The van der Waals surface area contributed by atoms with Gasteiger partial charge in [0.1, 0.15) is 0 Å². The smallest absolute Gasteiger partial charge is 0.313 e. The first-order valence-electron chi connectivity index (χ1n) is 7.33. The van der Waals surface area contributed by atoms with Crippen molar-refractivity contribution in [3.8, 4) is 0 Å². The first-order valence-corrected chi connectivity index (χ1v) is 7.33. The lowest BCUT2D eigenvalue weighted by Crippen LogP contribution is -2.43. The largest absolute Gasteiger partial charge is 0.393 e. The molecular weight excluding hydrogens is 268 g/mol. The van der Waals surface area contributed by atoms with Gasteiger partial charge >= 0.3 is 11.8 Å². The molecule has 1 aliphatic rings. The highest BCUT2D eigenvalue weighted by Gasteiger charge is 2.23. The molecule has 21 heavy (non-hydrogen) atoms. The van der Waals surface area contributed by atoms with E-state index in [4.69, 9.17) is 0 Å². The summed E-state index contributed by atoms with van der Waals surface area (Å²) in [6.45, 7) is 3.95. The second-order valence-corrected chi connectivity index (χ2v) is 5.73. The van der Waals surface area contributed by atoms with Crippen LogP contribution in [0.25, 0.3) is 0 Å². The molecule has 1 aromatic rings. The average molecular weight is 290 g/mol. The highest BCUT2D eigenvalue weighted by Crippen LogP contribution is 2.18.